The molecule has 0 spiro atoms. The van der Waals surface area contributed by atoms with E-state index in [1.807, 2.05) is 19.1 Å². The van der Waals surface area contributed by atoms with E-state index in [9.17, 15) is 9.18 Å². The van der Waals surface area contributed by atoms with E-state index in [-0.39, 0.29) is 12.1 Å². The van der Waals surface area contributed by atoms with Crippen LogP contribution in [0.1, 0.15) is 43.5 Å². The first-order valence-corrected chi connectivity index (χ1v) is 8.25. The Labute approximate surface area is 147 Å². The van der Waals surface area contributed by atoms with Crippen molar-refractivity contribution in [2.75, 3.05) is 14.2 Å². The van der Waals surface area contributed by atoms with Crippen molar-refractivity contribution in [2.45, 2.75) is 32.4 Å². The molecule has 6 heteroatoms. The first-order chi connectivity index (χ1) is 12.0. The predicted octanol–water partition coefficient (Wildman–Crippen LogP) is 4.08. The van der Waals surface area contributed by atoms with Crippen LogP contribution in [0.3, 0.4) is 0 Å². The Balaban J connectivity index is 2.15. The highest BCUT2D eigenvalue weighted by molar-refractivity contribution is 5.75. The summed E-state index contributed by atoms with van der Waals surface area (Å²) >= 11 is 0. The van der Waals surface area contributed by atoms with Gasteiger partial charge in [0.25, 0.3) is 0 Å². The van der Waals surface area contributed by atoms with E-state index in [0.29, 0.717) is 11.3 Å². The molecule has 2 atom stereocenters. The Hall–Kier alpha value is -2.63. The number of nitrogens with zero attached hydrogens (tertiary/aromatic N) is 2. The molecule has 0 unspecified atom stereocenters. The largest absolute Gasteiger partial charge is 0.496 e. The Morgan fingerprint density at radius 2 is 2.00 bits per heavy atom. The molecule has 2 rings (SSSR count). The number of ether oxygens (including phenoxy) is 1. The molecule has 0 radical (unpaired) electrons. The Kier molecular flexibility index (Phi) is 6.33. The minimum atomic E-state index is -0.527. The summed E-state index contributed by atoms with van der Waals surface area (Å²) in [7, 11) is 3.21. The molecule has 0 aliphatic carbocycles. The van der Waals surface area contributed by atoms with Gasteiger partial charge in [0.05, 0.1) is 24.8 Å². The van der Waals surface area contributed by atoms with E-state index >= 15 is 0 Å². The zero-order chi connectivity index (χ0) is 18.4. The number of rotatable bonds is 6. The van der Waals surface area contributed by atoms with Gasteiger partial charge in [0.1, 0.15) is 11.6 Å². The van der Waals surface area contributed by atoms with Crippen LogP contribution < -0.4 is 10.1 Å². The Morgan fingerprint density at radius 3 is 2.60 bits per heavy atom. The Morgan fingerprint density at radius 1 is 1.32 bits per heavy atom. The normalized spacial score (nSPS) is 13.0. The van der Waals surface area contributed by atoms with Gasteiger partial charge in [-0.1, -0.05) is 13.0 Å². The highest BCUT2D eigenvalue weighted by atomic mass is 19.1. The molecule has 0 aliphatic rings. The summed E-state index contributed by atoms with van der Waals surface area (Å²) in [5.41, 5.74) is 1.34. The molecular weight excluding hydrogens is 321 g/mol. The zero-order valence-electron chi connectivity index (χ0n) is 15.0. The van der Waals surface area contributed by atoms with Crippen molar-refractivity contribution in [1.82, 2.24) is 15.2 Å². The van der Waals surface area contributed by atoms with E-state index in [4.69, 9.17) is 4.74 Å². The molecule has 1 heterocycles. The summed E-state index contributed by atoms with van der Waals surface area (Å²) in [5, 5.41) is 2.85. The maximum Gasteiger partial charge on any atom is 0.318 e. The standard InChI is InChI=1S/C19H24FN3O2/c1-5-16(14-9-11-21-12-10-14)23(3)19(24)22-13(2)18-15(20)7-6-8-17(18)25-4/h6-13,16H,5H2,1-4H3,(H,22,24)/t13-,16-/m1/s1. The second-order valence-electron chi connectivity index (χ2n) is 5.84. The summed E-state index contributed by atoms with van der Waals surface area (Å²) in [5.74, 6) is 0.00704. The van der Waals surface area contributed by atoms with Gasteiger partial charge < -0.3 is 15.0 Å². The maximum atomic E-state index is 14.2. The van der Waals surface area contributed by atoms with Crippen LogP contribution in [0.2, 0.25) is 0 Å². The fourth-order valence-corrected chi connectivity index (χ4v) is 2.93. The van der Waals surface area contributed by atoms with Gasteiger partial charge in [-0.25, -0.2) is 9.18 Å². The van der Waals surface area contributed by atoms with Crippen LogP contribution in [0.25, 0.3) is 0 Å². The number of halogens is 1. The summed E-state index contributed by atoms with van der Waals surface area (Å²) in [4.78, 5) is 18.3. The second-order valence-corrected chi connectivity index (χ2v) is 5.84. The Bertz CT molecular complexity index is 709. The molecule has 134 valence electrons. The SMILES string of the molecule is CC[C@H](c1ccncc1)N(C)C(=O)N[C@H](C)c1c(F)cccc1OC. The zero-order valence-corrected chi connectivity index (χ0v) is 15.0. The molecule has 0 aliphatic heterocycles. The van der Waals surface area contributed by atoms with E-state index in [1.165, 1.54) is 13.2 Å². The lowest BCUT2D eigenvalue weighted by molar-refractivity contribution is 0.185. The van der Waals surface area contributed by atoms with Crippen molar-refractivity contribution in [3.63, 3.8) is 0 Å². The summed E-state index contributed by atoms with van der Waals surface area (Å²) < 4.78 is 19.4. The highest BCUT2D eigenvalue weighted by Crippen LogP contribution is 2.28. The average Bonchev–Trinajstić information content (AvgIpc) is 2.62. The van der Waals surface area contributed by atoms with Crippen LogP contribution in [0.4, 0.5) is 9.18 Å². The fraction of sp³-hybridized carbons (Fsp3) is 0.368. The van der Waals surface area contributed by atoms with Gasteiger partial charge >= 0.3 is 6.03 Å². The number of carbonyl (C=O) groups is 1. The molecule has 1 aromatic heterocycles. The third-order valence-electron chi connectivity index (χ3n) is 4.27. The predicted molar refractivity (Wildman–Crippen MR) is 94.9 cm³/mol. The fourth-order valence-electron chi connectivity index (χ4n) is 2.93. The molecule has 5 nitrogen and oxygen atoms in total. The van der Waals surface area contributed by atoms with Gasteiger partial charge in [0.15, 0.2) is 0 Å². The van der Waals surface area contributed by atoms with Crippen LogP contribution >= 0.6 is 0 Å². The molecular formula is C19H24FN3O2. The minimum Gasteiger partial charge on any atom is -0.496 e. The van der Waals surface area contributed by atoms with Crippen molar-refractivity contribution in [2.24, 2.45) is 0 Å². The molecule has 0 saturated carbocycles. The molecule has 1 aromatic carbocycles. The first-order valence-electron chi connectivity index (χ1n) is 8.25. The van der Waals surface area contributed by atoms with Crippen LogP contribution in [-0.4, -0.2) is 30.1 Å². The quantitative estimate of drug-likeness (QED) is 0.858. The lowest BCUT2D eigenvalue weighted by Crippen LogP contribution is -2.40. The second kappa shape index (κ2) is 8.46. The summed E-state index contributed by atoms with van der Waals surface area (Å²) in [6, 6.07) is 7.50. The lowest BCUT2D eigenvalue weighted by Gasteiger charge is -2.29. The van der Waals surface area contributed by atoms with Crippen molar-refractivity contribution in [3.05, 3.63) is 59.7 Å². The third-order valence-corrected chi connectivity index (χ3v) is 4.27. The number of benzene rings is 1. The number of amides is 2. The molecule has 2 aromatic rings. The number of pyridine rings is 1. The number of urea groups is 1. The summed E-state index contributed by atoms with van der Waals surface area (Å²) in [6.45, 7) is 3.75. The molecule has 25 heavy (non-hydrogen) atoms. The summed E-state index contributed by atoms with van der Waals surface area (Å²) in [6.07, 6.45) is 4.17. The smallest absolute Gasteiger partial charge is 0.318 e. The van der Waals surface area contributed by atoms with Crippen LogP contribution in [-0.2, 0) is 0 Å². The third kappa shape index (κ3) is 4.26. The topological polar surface area (TPSA) is 54.5 Å². The molecule has 0 bridgehead atoms. The molecule has 2 amide bonds. The molecule has 0 saturated heterocycles. The van der Waals surface area contributed by atoms with Crippen molar-refractivity contribution < 1.29 is 13.9 Å². The van der Waals surface area contributed by atoms with Crippen LogP contribution in [0.5, 0.6) is 5.75 Å². The van der Waals surface area contributed by atoms with Gasteiger partial charge in [0.2, 0.25) is 0 Å². The highest BCUT2D eigenvalue weighted by Gasteiger charge is 2.24. The van der Waals surface area contributed by atoms with Crippen molar-refractivity contribution in [3.8, 4) is 5.75 Å². The van der Waals surface area contributed by atoms with Gasteiger partial charge in [-0.3, -0.25) is 4.98 Å². The van der Waals surface area contributed by atoms with E-state index < -0.39 is 11.9 Å². The molecule has 0 fully saturated rings. The van der Waals surface area contributed by atoms with Crippen LogP contribution in [0.15, 0.2) is 42.7 Å². The first kappa shape index (κ1) is 18.7. The minimum absolute atomic E-state index is 0.0854. The lowest BCUT2D eigenvalue weighted by atomic mass is 10.0. The van der Waals surface area contributed by atoms with Gasteiger partial charge in [-0.2, -0.15) is 0 Å². The number of hydrogen-bond donors (Lipinski definition) is 1. The van der Waals surface area contributed by atoms with Crippen molar-refractivity contribution >= 4 is 6.03 Å². The van der Waals surface area contributed by atoms with E-state index in [2.05, 4.69) is 10.3 Å². The maximum absolute atomic E-state index is 14.2. The monoisotopic (exact) mass is 345 g/mol. The van der Waals surface area contributed by atoms with E-state index in [1.54, 1.807) is 43.4 Å². The van der Waals surface area contributed by atoms with Crippen molar-refractivity contribution in [1.29, 1.82) is 0 Å². The number of carbonyl (C=O) groups excluding carboxylic acids is 1. The number of nitrogens with one attached hydrogen (secondary N) is 1. The molecule has 1 N–H and O–H groups in total. The van der Waals surface area contributed by atoms with E-state index in [0.717, 1.165) is 12.0 Å². The van der Waals surface area contributed by atoms with Crippen LogP contribution in [0, 0.1) is 5.82 Å². The number of hydrogen-bond acceptors (Lipinski definition) is 3. The number of methoxy groups -OCH3 is 1. The van der Waals surface area contributed by atoms with Gasteiger partial charge in [-0.15, -0.1) is 0 Å². The average molecular weight is 345 g/mol. The number of aromatic nitrogens is 1. The van der Waals surface area contributed by atoms with Gasteiger partial charge in [-0.05, 0) is 43.2 Å². The van der Waals surface area contributed by atoms with Gasteiger partial charge in [0, 0.05) is 19.4 Å².